The minimum absolute atomic E-state index is 0.195. The van der Waals surface area contributed by atoms with Crippen molar-refractivity contribution < 1.29 is 9.13 Å². The molecule has 0 amide bonds. The molecule has 1 aliphatic rings. The van der Waals surface area contributed by atoms with Crippen LogP contribution in [0.15, 0.2) is 18.2 Å². The average molecular weight is 252 g/mol. The van der Waals surface area contributed by atoms with Gasteiger partial charge in [-0.05, 0) is 24.6 Å². The van der Waals surface area contributed by atoms with E-state index in [-0.39, 0.29) is 11.9 Å². The zero-order valence-electron chi connectivity index (χ0n) is 11.1. The fraction of sp³-hybridized carbons (Fsp3) is 0.571. The number of ether oxygens (including phenoxy) is 1. The highest BCUT2D eigenvalue weighted by Crippen LogP contribution is 2.32. The molecule has 4 heteroatoms. The third-order valence-electron chi connectivity index (χ3n) is 3.53. The van der Waals surface area contributed by atoms with Crippen LogP contribution in [0.1, 0.15) is 24.9 Å². The number of benzene rings is 1. The molecular weight excluding hydrogens is 231 g/mol. The molecule has 1 heterocycles. The first-order valence-electron chi connectivity index (χ1n) is 6.54. The van der Waals surface area contributed by atoms with Crippen LogP contribution in [0.5, 0.6) is 5.75 Å². The van der Waals surface area contributed by atoms with Gasteiger partial charge in [0.2, 0.25) is 0 Å². The van der Waals surface area contributed by atoms with Crippen LogP contribution >= 0.6 is 0 Å². The highest BCUT2D eigenvalue weighted by atomic mass is 19.1. The first-order valence-corrected chi connectivity index (χ1v) is 6.54. The molecule has 0 saturated carbocycles. The predicted octanol–water partition coefficient (Wildman–Crippen LogP) is 2.19. The second-order valence-electron chi connectivity index (χ2n) is 4.60. The van der Waals surface area contributed by atoms with Gasteiger partial charge in [0.1, 0.15) is 11.6 Å². The van der Waals surface area contributed by atoms with Crippen molar-refractivity contribution in [3.8, 4) is 5.75 Å². The summed E-state index contributed by atoms with van der Waals surface area (Å²) in [5.41, 5.74) is 0.960. The molecule has 100 valence electrons. The molecule has 0 radical (unpaired) electrons. The number of hydrogen-bond acceptors (Lipinski definition) is 3. The molecule has 0 aromatic heterocycles. The highest BCUT2D eigenvalue weighted by molar-refractivity contribution is 5.36. The molecule has 3 nitrogen and oxygen atoms in total. The summed E-state index contributed by atoms with van der Waals surface area (Å²) in [5.74, 6) is 0.584. The molecular formula is C14H21FN2O. The van der Waals surface area contributed by atoms with Gasteiger partial charge in [-0.15, -0.1) is 0 Å². The normalized spacial score (nSPS) is 18.6. The van der Waals surface area contributed by atoms with Crippen LogP contribution in [0, 0.1) is 5.82 Å². The van der Waals surface area contributed by atoms with Crippen LogP contribution in [0.4, 0.5) is 4.39 Å². The van der Waals surface area contributed by atoms with Gasteiger partial charge in [-0.1, -0.05) is 6.92 Å². The third kappa shape index (κ3) is 2.82. The van der Waals surface area contributed by atoms with Gasteiger partial charge >= 0.3 is 0 Å². The zero-order chi connectivity index (χ0) is 13.0. The van der Waals surface area contributed by atoms with Gasteiger partial charge in [0.25, 0.3) is 0 Å². The monoisotopic (exact) mass is 252 g/mol. The van der Waals surface area contributed by atoms with Crippen molar-refractivity contribution in [3.63, 3.8) is 0 Å². The SMILES string of the molecule is CC[C@H](c1cc(F)ccc1OC)N1CCNCC1. The molecule has 18 heavy (non-hydrogen) atoms. The maximum atomic E-state index is 13.5. The maximum absolute atomic E-state index is 13.5. The van der Waals surface area contributed by atoms with Gasteiger partial charge in [-0.25, -0.2) is 4.39 Å². The van der Waals surface area contributed by atoms with E-state index >= 15 is 0 Å². The summed E-state index contributed by atoms with van der Waals surface area (Å²) in [6.07, 6.45) is 0.958. The molecule has 1 fully saturated rings. The lowest BCUT2D eigenvalue weighted by atomic mass is 10.0. The van der Waals surface area contributed by atoms with Gasteiger partial charge in [0.15, 0.2) is 0 Å². The summed E-state index contributed by atoms with van der Waals surface area (Å²) in [4.78, 5) is 2.40. The molecule has 0 aliphatic carbocycles. The number of piperazine rings is 1. The van der Waals surface area contributed by atoms with Gasteiger partial charge in [-0.3, -0.25) is 4.90 Å². The lowest BCUT2D eigenvalue weighted by Crippen LogP contribution is -2.45. The maximum Gasteiger partial charge on any atom is 0.123 e. The molecule has 1 N–H and O–H groups in total. The summed E-state index contributed by atoms with van der Waals surface area (Å²) in [7, 11) is 1.64. The molecule has 0 unspecified atom stereocenters. The molecule has 1 aliphatic heterocycles. The molecule has 1 atom stereocenters. The van der Waals surface area contributed by atoms with Crippen molar-refractivity contribution in [1.29, 1.82) is 0 Å². The second kappa shape index (κ2) is 6.16. The number of nitrogens with zero attached hydrogens (tertiary/aromatic N) is 1. The fourth-order valence-corrected chi connectivity index (χ4v) is 2.63. The first kappa shape index (κ1) is 13.3. The molecule has 1 aromatic rings. The Morgan fingerprint density at radius 3 is 2.72 bits per heavy atom. The van der Waals surface area contributed by atoms with Crippen LogP contribution in [0.3, 0.4) is 0 Å². The number of nitrogens with one attached hydrogen (secondary N) is 1. The van der Waals surface area contributed by atoms with Crippen molar-refractivity contribution in [1.82, 2.24) is 10.2 Å². The minimum atomic E-state index is -0.195. The number of rotatable bonds is 4. The Balaban J connectivity index is 2.27. The molecule has 2 rings (SSSR count). The standard InChI is InChI=1S/C14H21FN2O/c1-3-13(17-8-6-16-7-9-17)12-10-11(15)4-5-14(12)18-2/h4-5,10,13,16H,3,6-9H2,1-2H3/t13-/m1/s1. The molecule has 1 saturated heterocycles. The lowest BCUT2D eigenvalue weighted by molar-refractivity contribution is 0.166. The third-order valence-corrected chi connectivity index (χ3v) is 3.53. The van der Waals surface area contributed by atoms with Gasteiger partial charge in [0, 0.05) is 37.8 Å². The van der Waals surface area contributed by atoms with Crippen LogP contribution < -0.4 is 10.1 Å². The lowest BCUT2D eigenvalue weighted by Gasteiger charge is -2.35. The van der Waals surface area contributed by atoms with E-state index in [4.69, 9.17) is 4.74 Å². The van der Waals surface area contributed by atoms with E-state index in [0.717, 1.165) is 43.9 Å². The van der Waals surface area contributed by atoms with Crippen molar-refractivity contribution in [2.24, 2.45) is 0 Å². The number of methoxy groups -OCH3 is 1. The molecule has 0 bridgehead atoms. The highest BCUT2D eigenvalue weighted by Gasteiger charge is 2.23. The first-order chi connectivity index (χ1) is 8.76. The van der Waals surface area contributed by atoms with Crippen molar-refractivity contribution in [2.75, 3.05) is 33.3 Å². The van der Waals surface area contributed by atoms with Gasteiger partial charge < -0.3 is 10.1 Å². The Morgan fingerprint density at radius 1 is 1.39 bits per heavy atom. The topological polar surface area (TPSA) is 24.5 Å². The van der Waals surface area contributed by atoms with Gasteiger partial charge in [-0.2, -0.15) is 0 Å². The van der Waals surface area contributed by atoms with Crippen LogP contribution in [-0.4, -0.2) is 38.2 Å². The van der Waals surface area contributed by atoms with E-state index in [9.17, 15) is 4.39 Å². The largest absolute Gasteiger partial charge is 0.496 e. The second-order valence-corrected chi connectivity index (χ2v) is 4.60. The summed E-state index contributed by atoms with van der Waals surface area (Å²) in [6.45, 7) is 6.12. The Morgan fingerprint density at radius 2 is 2.11 bits per heavy atom. The summed E-state index contributed by atoms with van der Waals surface area (Å²) < 4.78 is 18.8. The van der Waals surface area contributed by atoms with Crippen LogP contribution in [0.25, 0.3) is 0 Å². The zero-order valence-corrected chi connectivity index (χ0v) is 11.1. The van der Waals surface area contributed by atoms with Crippen LogP contribution in [0.2, 0.25) is 0 Å². The Bertz CT molecular complexity index is 391. The summed E-state index contributed by atoms with van der Waals surface area (Å²) >= 11 is 0. The predicted molar refractivity (Wildman–Crippen MR) is 70.4 cm³/mol. The summed E-state index contributed by atoms with van der Waals surface area (Å²) in [6, 6.07) is 5.01. The Labute approximate surface area is 108 Å². The average Bonchev–Trinajstić information content (AvgIpc) is 2.41. The molecule has 0 spiro atoms. The van der Waals surface area contributed by atoms with E-state index in [1.165, 1.54) is 6.07 Å². The van der Waals surface area contributed by atoms with Gasteiger partial charge in [0.05, 0.1) is 7.11 Å². The molecule has 1 aromatic carbocycles. The fourth-order valence-electron chi connectivity index (χ4n) is 2.63. The number of halogens is 1. The Kier molecular flexibility index (Phi) is 4.55. The van der Waals surface area contributed by atoms with Crippen molar-refractivity contribution in [3.05, 3.63) is 29.6 Å². The van der Waals surface area contributed by atoms with E-state index in [1.54, 1.807) is 19.2 Å². The summed E-state index contributed by atoms with van der Waals surface area (Å²) in [5, 5.41) is 3.34. The van der Waals surface area contributed by atoms with Crippen LogP contribution in [-0.2, 0) is 0 Å². The van der Waals surface area contributed by atoms with E-state index in [0.29, 0.717) is 0 Å². The smallest absolute Gasteiger partial charge is 0.123 e. The van der Waals surface area contributed by atoms with Crippen molar-refractivity contribution in [2.45, 2.75) is 19.4 Å². The van der Waals surface area contributed by atoms with E-state index in [2.05, 4.69) is 17.1 Å². The quantitative estimate of drug-likeness (QED) is 0.889. The van der Waals surface area contributed by atoms with E-state index in [1.807, 2.05) is 0 Å². The number of hydrogen-bond donors (Lipinski definition) is 1. The van der Waals surface area contributed by atoms with E-state index < -0.39 is 0 Å². The minimum Gasteiger partial charge on any atom is -0.496 e. The Hall–Kier alpha value is -1.13. The van der Waals surface area contributed by atoms with Crippen molar-refractivity contribution >= 4 is 0 Å².